The molecule has 1 aliphatic rings. The summed E-state index contributed by atoms with van der Waals surface area (Å²) in [7, 11) is 0. The summed E-state index contributed by atoms with van der Waals surface area (Å²) < 4.78 is 0. The molecule has 100 valence electrons. The fourth-order valence-corrected chi connectivity index (χ4v) is 3.69. The molecular formula is C16H25NS. The summed E-state index contributed by atoms with van der Waals surface area (Å²) in [4.78, 5) is 0. The lowest BCUT2D eigenvalue weighted by molar-refractivity contribution is 0.361. The van der Waals surface area contributed by atoms with Crippen LogP contribution in [0.3, 0.4) is 0 Å². The highest BCUT2D eigenvalue weighted by Crippen LogP contribution is 2.31. The molecule has 3 unspecified atom stereocenters. The van der Waals surface area contributed by atoms with Crippen LogP contribution in [-0.2, 0) is 0 Å². The molecule has 18 heavy (non-hydrogen) atoms. The van der Waals surface area contributed by atoms with Gasteiger partial charge in [0.25, 0.3) is 0 Å². The largest absolute Gasteiger partial charge is 0.307 e. The lowest BCUT2D eigenvalue weighted by atomic mass is 9.95. The van der Waals surface area contributed by atoms with E-state index in [1.165, 1.54) is 24.8 Å². The molecule has 0 spiro atoms. The van der Waals surface area contributed by atoms with Crippen molar-refractivity contribution >= 4 is 11.8 Å². The molecule has 0 aromatic heterocycles. The van der Waals surface area contributed by atoms with Crippen LogP contribution in [0.25, 0.3) is 0 Å². The Balaban J connectivity index is 2.00. The van der Waals surface area contributed by atoms with Crippen LogP contribution in [0.2, 0.25) is 0 Å². The topological polar surface area (TPSA) is 12.0 Å². The van der Waals surface area contributed by atoms with Crippen LogP contribution in [0.1, 0.15) is 44.7 Å². The second-order valence-corrected chi connectivity index (χ2v) is 6.80. The highest BCUT2D eigenvalue weighted by molar-refractivity contribution is 7.99. The molecule has 0 heterocycles. The van der Waals surface area contributed by atoms with E-state index in [2.05, 4.69) is 55.8 Å². The van der Waals surface area contributed by atoms with Crippen molar-refractivity contribution in [3.63, 3.8) is 0 Å². The van der Waals surface area contributed by atoms with E-state index in [1.54, 1.807) is 0 Å². The molecule has 1 aromatic carbocycles. The van der Waals surface area contributed by atoms with E-state index in [-0.39, 0.29) is 0 Å². The lowest BCUT2D eigenvalue weighted by Crippen LogP contribution is -2.34. The highest BCUT2D eigenvalue weighted by atomic mass is 32.2. The first-order chi connectivity index (χ1) is 8.70. The van der Waals surface area contributed by atoms with Crippen molar-refractivity contribution < 1.29 is 0 Å². The van der Waals surface area contributed by atoms with Crippen molar-refractivity contribution in [2.24, 2.45) is 5.92 Å². The van der Waals surface area contributed by atoms with Gasteiger partial charge in [-0.15, -0.1) is 0 Å². The average molecular weight is 263 g/mol. The number of nitrogens with one attached hydrogen (secondary N) is 1. The van der Waals surface area contributed by atoms with E-state index in [4.69, 9.17) is 0 Å². The van der Waals surface area contributed by atoms with E-state index >= 15 is 0 Å². The predicted octanol–water partition coefficient (Wildman–Crippen LogP) is 4.26. The first-order valence-electron chi connectivity index (χ1n) is 7.04. The van der Waals surface area contributed by atoms with Gasteiger partial charge >= 0.3 is 0 Å². The molecule has 1 nitrogen and oxygen atoms in total. The van der Waals surface area contributed by atoms with Gasteiger partial charge in [0.15, 0.2) is 0 Å². The van der Waals surface area contributed by atoms with Crippen molar-refractivity contribution in [3.05, 3.63) is 35.9 Å². The third-order valence-electron chi connectivity index (χ3n) is 3.96. The molecule has 2 heteroatoms. The van der Waals surface area contributed by atoms with Crippen LogP contribution in [0.15, 0.2) is 30.3 Å². The van der Waals surface area contributed by atoms with Gasteiger partial charge in [-0.25, -0.2) is 0 Å². The minimum absolute atomic E-state index is 0.497. The molecule has 1 N–H and O–H groups in total. The normalized spacial score (nSPS) is 25.6. The van der Waals surface area contributed by atoms with E-state index < -0.39 is 0 Å². The van der Waals surface area contributed by atoms with Crippen LogP contribution in [0.4, 0.5) is 0 Å². The summed E-state index contributed by atoms with van der Waals surface area (Å²) in [6.07, 6.45) is 6.28. The Labute approximate surface area is 116 Å². The Morgan fingerprint density at radius 1 is 1.17 bits per heavy atom. The summed E-state index contributed by atoms with van der Waals surface area (Å²) in [6.45, 7) is 4.62. The molecule has 1 saturated carbocycles. The summed E-state index contributed by atoms with van der Waals surface area (Å²) in [5, 5.41) is 4.75. The van der Waals surface area contributed by atoms with E-state index in [0.717, 1.165) is 5.25 Å². The van der Waals surface area contributed by atoms with Crippen molar-refractivity contribution in [1.29, 1.82) is 0 Å². The number of hydrogen-bond acceptors (Lipinski definition) is 2. The fourth-order valence-electron chi connectivity index (χ4n) is 2.89. The van der Waals surface area contributed by atoms with Crippen molar-refractivity contribution in [2.45, 2.75) is 50.4 Å². The number of thioether (sulfide) groups is 1. The molecular weight excluding hydrogens is 238 g/mol. The Hall–Kier alpha value is -0.470. The fraction of sp³-hybridized carbons (Fsp3) is 0.625. The van der Waals surface area contributed by atoms with Crippen LogP contribution >= 0.6 is 11.8 Å². The van der Waals surface area contributed by atoms with Gasteiger partial charge in [-0.05, 0) is 37.0 Å². The zero-order chi connectivity index (χ0) is 13.0. The summed E-state index contributed by atoms with van der Waals surface area (Å²) >= 11 is 2.03. The van der Waals surface area contributed by atoms with Gasteiger partial charge in [-0.1, -0.05) is 44.2 Å². The first-order valence-corrected chi connectivity index (χ1v) is 8.33. The van der Waals surface area contributed by atoms with Gasteiger partial charge in [0.05, 0.1) is 0 Å². The maximum atomic E-state index is 3.88. The summed E-state index contributed by atoms with van der Waals surface area (Å²) in [5.41, 5.74) is 1.43. The quantitative estimate of drug-likeness (QED) is 0.852. The average Bonchev–Trinajstić information content (AvgIpc) is 2.84. The Kier molecular flexibility index (Phi) is 5.13. The molecule has 2 rings (SSSR count). The molecule has 0 amide bonds. The zero-order valence-electron chi connectivity index (χ0n) is 11.7. The molecule has 1 fully saturated rings. The lowest BCUT2D eigenvalue weighted by Gasteiger charge is -2.27. The van der Waals surface area contributed by atoms with Crippen molar-refractivity contribution in [3.8, 4) is 0 Å². The Morgan fingerprint density at radius 3 is 2.44 bits per heavy atom. The molecule has 0 saturated heterocycles. The molecule has 0 aliphatic heterocycles. The van der Waals surface area contributed by atoms with Crippen LogP contribution in [0.5, 0.6) is 0 Å². The monoisotopic (exact) mass is 263 g/mol. The van der Waals surface area contributed by atoms with E-state index in [1.807, 2.05) is 11.8 Å². The van der Waals surface area contributed by atoms with Gasteiger partial charge < -0.3 is 5.32 Å². The van der Waals surface area contributed by atoms with Gasteiger partial charge in [-0.2, -0.15) is 11.8 Å². The number of hydrogen-bond donors (Lipinski definition) is 1. The maximum absolute atomic E-state index is 3.88. The Morgan fingerprint density at radius 2 is 1.89 bits per heavy atom. The molecule has 3 atom stereocenters. The predicted molar refractivity (Wildman–Crippen MR) is 82.1 cm³/mol. The van der Waals surface area contributed by atoms with Crippen LogP contribution in [-0.4, -0.2) is 17.5 Å². The third-order valence-corrected chi connectivity index (χ3v) is 5.05. The zero-order valence-corrected chi connectivity index (χ0v) is 12.5. The molecule has 1 aliphatic carbocycles. The van der Waals surface area contributed by atoms with Crippen LogP contribution in [0, 0.1) is 5.92 Å². The van der Waals surface area contributed by atoms with Gasteiger partial charge in [0.2, 0.25) is 0 Å². The standard InChI is InChI=1S/C16H25NS/c1-12(2)16(13-7-5-4-6-8-13)17-14-9-10-15(11-14)18-3/h4-8,12,14-17H,9-11H2,1-3H3. The van der Waals surface area contributed by atoms with Gasteiger partial charge in [0, 0.05) is 17.3 Å². The smallest absolute Gasteiger partial charge is 0.0345 e. The van der Waals surface area contributed by atoms with Crippen molar-refractivity contribution in [1.82, 2.24) is 5.32 Å². The summed E-state index contributed by atoms with van der Waals surface area (Å²) in [5.74, 6) is 0.640. The molecule has 0 bridgehead atoms. The summed E-state index contributed by atoms with van der Waals surface area (Å²) in [6, 6.07) is 12.1. The van der Waals surface area contributed by atoms with Gasteiger partial charge in [0.1, 0.15) is 0 Å². The van der Waals surface area contributed by atoms with Crippen LogP contribution < -0.4 is 5.32 Å². The minimum Gasteiger partial charge on any atom is -0.307 e. The second kappa shape index (κ2) is 6.63. The molecule has 0 radical (unpaired) electrons. The molecule has 1 aromatic rings. The van der Waals surface area contributed by atoms with Crippen molar-refractivity contribution in [2.75, 3.05) is 6.26 Å². The maximum Gasteiger partial charge on any atom is 0.0345 e. The number of benzene rings is 1. The Bertz CT molecular complexity index is 349. The highest BCUT2D eigenvalue weighted by Gasteiger charge is 2.27. The van der Waals surface area contributed by atoms with Gasteiger partial charge in [-0.3, -0.25) is 0 Å². The number of rotatable bonds is 5. The SMILES string of the molecule is CSC1CCC(NC(c2ccccc2)C(C)C)C1. The van der Waals surface area contributed by atoms with E-state index in [9.17, 15) is 0 Å². The van der Waals surface area contributed by atoms with E-state index in [0.29, 0.717) is 18.0 Å². The second-order valence-electron chi connectivity index (χ2n) is 5.67. The minimum atomic E-state index is 0.497. The third kappa shape index (κ3) is 3.52. The first kappa shape index (κ1) is 14.0.